The first-order chi connectivity index (χ1) is 9.47. The molecule has 0 radical (unpaired) electrons. The lowest BCUT2D eigenvalue weighted by molar-refractivity contribution is 0.378. The molecule has 7 heteroatoms. The van der Waals surface area contributed by atoms with Crippen LogP contribution in [0.5, 0.6) is 0 Å². The summed E-state index contributed by atoms with van der Waals surface area (Å²) in [7, 11) is 0. The Labute approximate surface area is 113 Å². The number of nitrogens with one attached hydrogen (secondary N) is 1. The fourth-order valence-electron chi connectivity index (χ4n) is 2.69. The summed E-state index contributed by atoms with van der Waals surface area (Å²) in [5.74, 6) is -9.39. The largest absolute Gasteiger partial charge is 0.380 e. The van der Waals surface area contributed by atoms with Gasteiger partial charge in [0.1, 0.15) is 5.69 Å². The summed E-state index contributed by atoms with van der Waals surface area (Å²) in [4.78, 5) is 0. The Balaban J connectivity index is 2.18. The summed E-state index contributed by atoms with van der Waals surface area (Å²) in [5, 5.41) is 2.34. The molecule has 3 N–H and O–H groups in total. The van der Waals surface area contributed by atoms with Crippen LogP contribution in [0.2, 0.25) is 0 Å². The molecule has 1 fully saturated rings. The van der Waals surface area contributed by atoms with E-state index in [0.29, 0.717) is 6.54 Å². The molecule has 1 saturated carbocycles. The maximum absolute atomic E-state index is 13.4. The van der Waals surface area contributed by atoms with E-state index in [4.69, 9.17) is 5.73 Å². The van der Waals surface area contributed by atoms with Crippen molar-refractivity contribution in [2.24, 2.45) is 17.6 Å². The second-order valence-corrected chi connectivity index (χ2v) is 5.01. The minimum atomic E-state index is -2.15. The molecule has 0 aromatic heterocycles. The molecule has 0 amide bonds. The Morgan fingerprint density at radius 3 is 1.90 bits per heavy atom. The Kier molecular flexibility index (Phi) is 4.47. The van der Waals surface area contributed by atoms with Crippen LogP contribution in [0.1, 0.15) is 19.3 Å². The summed E-state index contributed by atoms with van der Waals surface area (Å²) in [6.45, 7) is 0.587. The average molecular weight is 294 g/mol. The number of anilines is 1. The predicted molar refractivity (Wildman–Crippen MR) is 64.6 cm³/mol. The fourth-order valence-corrected chi connectivity index (χ4v) is 2.69. The SMILES string of the molecule is NCC1CCCC1CNc1c(F)c(F)c(F)c(F)c1F. The normalized spacial score (nSPS) is 22.3. The first-order valence-electron chi connectivity index (χ1n) is 6.42. The van der Waals surface area contributed by atoms with E-state index in [1.807, 2.05) is 0 Å². The highest BCUT2D eigenvalue weighted by molar-refractivity contribution is 5.47. The molecule has 1 aromatic carbocycles. The monoisotopic (exact) mass is 294 g/mol. The van der Waals surface area contributed by atoms with Crippen molar-refractivity contribution >= 4 is 5.69 Å². The van der Waals surface area contributed by atoms with Crippen LogP contribution >= 0.6 is 0 Å². The number of hydrogen-bond acceptors (Lipinski definition) is 2. The van der Waals surface area contributed by atoms with Crippen LogP contribution in [0, 0.1) is 40.9 Å². The van der Waals surface area contributed by atoms with Gasteiger partial charge in [-0.25, -0.2) is 22.0 Å². The average Bonchev–Trinajstić information content (AvgIpc) is 2.90. The number of hydrogen-bond donors (Lipinski definition) is 2. The lowest BCUT2D eigenvalue weighted by Crippen LogP contribution is -2.25. The molecule has 2 atom stereocenters. The summed E-state index contributed by atoms with van der Waals surface area (Å²) >= 11 is 0. The number of rotatable bonds is 4. The van der Waals surface area contributed by atoms with Crippen molar-refractivity contribution in [3.63, 3.8) is 0 Å². The van der Waals surface area contributed by atoms with Crippen LogP contribution in [-0.4, -0.2) is 13.1 Å². The molecule has 0 heterocycles. The lowest BCUT2D eigenvalue weighted by atomic mass is 9.96. The van der Waals surface area contributed by atoms with Crippen LogP contribution < -0.4 is 11.1 Å². The van der Waals surface area contributed by atoms with Crippen molar-refractivity contribution in [3.8, 4) is 0 Å². The van der Waals surface area contributed by atoms with Gasteiger partial charge in [-0.1, -0.05) is 6.42 Å². The second kappa shape index (κ2) is 5.95. The Morgan fingerprint density at radius 2 is 1.35 bits per heavy atom. The van der Waals surface area contributed by atoms with Gasteiger partial charge in [-0.2, -0.15) is 0 Å². The third-order valence-electron chi connectivity index (χ3n) is 3.87. The van der Waals surface area contributed by atoms with E-state index in [1.54, 1.807) is 0 Å². The maximum atomic E-state index is 13.4. The van der Waals surface area contributed by atoms with Gasteiger partial charge in [0.15, 0.2) is 23.3 Å². The summed E-state index contributed by atoms with van der Waals surface area (Å²) < 4.78 is 65.8. The summed E-state index contributed by atoms with van der Waals surface area (Å²) in [6, 6.07) is 0. The molecule has 20 heavy (non-hydrogen) atoms. The predicted octanol–water partition coefficient (Wildman–Crippen LogP) is 3.17. The van der Waals surface area contributed by atoms with Gasteiger partial charge in [0.25, 0.3) is 0 Å². The van der Waals surface area contributed by atoms with Crippen molar-refractivity contribution in [2.75, 3.05) is 18.4 Å². The van der Waals surface area contributed by atoms with Crippen molar-refractivity contribution in [3.05, 3.63) is 29.1 Å². The Hall–Kier alpha value is -1.37. The fraction of sp³-hybridized carbons (Fsp3) is 0.538. The molecule has 2 nitrogen and oxygen atoms in total. The first-order valence-corrected chi connectivity index (χ1v) is 6.42. The van der Waals surface area contributed by atoms with Crippen molar-refractivity contribution < 1.29 is 22.0 Å². The van der Waals surface area contributed by atoms with E-state index in [9.17, 15) is 22.0 Å². The quantitative estimate of drug-likeness (QED) is 0.508. The number of halogens is 5. The van der Waals surface area contributed by atoms with Crippen molar-refractivity contribution in [1.29, 1.82) is 0 Å². The Morgan fingerprint density at radius 1 is 0.850 bits per heavy atom. The van der Waals surface area contributed by atoms with Crippen molar-refractivity contribution in [2.45, 2.75) is 19.3 Å². The maximum Gasteiger partial charge on any atom is 0.200 e. The van der Waals surface area contributed by atoms with Gasteiger partial charge in [-0.05, 0) is 31.2 Å². The standard InChI is InChI=1S/C13H15F5N2/c14-8-9(15)11(17)13(12(18)10(8)16)20-5-7-3-1-2-6(7)4-19/h6-7,20H,1-5,19H2. The summed E-state index contributed by atoms with van der Waals surface area (Å²) in [6.07, 6.45) is 2.69. The zero-order valence-electron chi connectivity index (χ0n) is 10.7. The van der Waals surface area contributed by atoms with Gasteiger partial charge in [-0.15, -0.1) is 0 Å². The van der Waals surface area contributed by atoms with Crippen LogP contribution in [-0.2, 0) is 0 Å². The van der Waals surface area contributed by atoms with Crippen LogP contribution in [0.25, 0.3) is 0 Å². The van der Waals surface area contributed by atoms with Crippen LogP contribution in [0.3, 0.4) is 0 Å². The van der Waals surface area contributed by atoms with E-state index in [-0.39, 0.29) is 18.4 Å². The van der Waals surface area contributed by atoms with Crippen LogP contribution in [0.15, 0.2) is 0 Å². The smallest absolute Gasteiger partial charge is 0.200 e. The molecular weight excluding hydrogens is 279 g/mol. The summed E-state index contributed by atoms with van der Waals surface area (Å²) in [5.41, 5.74) is 4.61. The van der Waals surface area contributed by atoms with Gasteiger partial charge in [0, 0.05) is 6.54 Å². The molecular formula is C13H15F5N2. The third-order valence-corrected chi connectivity index (χ3v) is 3.87. The highest BCUT2D eigenvalue weighted by Gasteiger charge is 2.29. The van der Waals surface area contributed by atoms with Crippen LogP contribution in [0.4, 0.5) is 27.6 Å². The molecule has 2 rings (SSSR count). The molecule has 0 aliphatic heterocycles. The molecule has 112 valence electrons. The topological polar surface area (TPSA) is 38.0 Å². The zero-order chi connectivity index (χ0) is 14.9. The zero-order valence-corrected chi connectivity index (χ0v) is 10.7. The van der Waals surface area contributed by atoms with E-state index in [0.717, 1.165) is 19.3 Å². The van der Waals surface area contributed by atoms with E-state index in [2.05, 4.69) is 5.32 Å². The third kappa shape index (κ3) is 2.59. The minimum Gasteiger partial charge on any atom is -0.380 e. The molecule has 2 unspecified atom stereocenters. The molecule has 0 spiro atoms. The van der Waals surface area contributed by atoms with Crippen molar-refractivity contribution in [1.82, 2.24) is 0 Å². The molecule has 1 aliphatic carbocycles. The van der Waals surface area contributed by atoms with E-state index < -0.39 is 34.8 Å². The minimum absolute atomic E-state index is 0.0787. The van der Waals surface area contributed by atoms with Gasteiger partial charge in [0.05, 0.1) is 0 Å². The molecule has 0 bridgehead atoms. The molecule has 1 aromatic rings. The van der Waals surface area contributed by atoms with Gasteiger partial charge in [-0.3, -0.25) is 0 Å². The molecule has 1 aliphatic rings. The van der Waals surface area contributed by atoms with Gasteiger partial charge < -0.3 is 11.1 Å². The van der Waals surface area contributed by atoms with Gasteiger partial charge >= 0.3 is 0 Å². The molecule has 0 saturated heterocycles. The second-order valence-electron chi connectivity index (χ2n) is 5.01. The highest BCUT2D eigenvalue weighted by atomic mass is 19.2. The highest BCUT2D eigenvalue weighted by Crippen LogP contribution is 2.32. The number of nitrogens with two attached hydrogens (primary N) is 1. The number of benzene rings is 1. The van der Waals surface area contributed by atoms with E-state index in [1.165, 1.54) is 0 Å². The lowest BCUT2D eigenvalue weighted by Gasteiger charge is -2.19. The van der Waals surface area contributed by atoms with E-state index >= 15 is 0 Å². The Bertz CT molecular complexity index is 477. The van der Waals surface area contributed by atoms with Gasteiger partial charge in [0.2, 0.25) is 5.82 Å². The first kappa shape index (κ1) is 15.0.